The summed E-state index contributed by atoms with van der Waals surface area (Å²) >= 11 is 1.76. The molecule has 0 saturated heterocycles. The molecule has 0 spiro atoms. The SMILES string of the molecule is COC(=O)CCSC1Cc2cc(OC(C)=O)ccc2[C@H]2CC[C@@]3(C)[C@@H](C[C@@H](OC(C)=O)[C@@H]3OC(C)=O)[C@H]12. The van der Waals surface area contributed by atoms with Crippen LogP contribution in [0.15, 0.2) is 18.2 Å². The average Bonchev–Trinajstić information content (AvgIpc) is 3.08. The Bertz CT molecular complexity index is 1070. The molecule has 1 aromatic rings. The van der Waals surface area contributed by atoms with Crippen LogP contribution in [0.2, 0.25) is 0 Å². The van der Waals surface area contributed by atoms with E-state index in [9.17, 15) is 19.2 Å². The number of fused-ring (bicyclic) bond motifs is 5. The molecule has 9 heteroatoms. The number of carbonyl (C=O) groups excluding carboxylic acids is 4. The second-order valence-electron chi connectivity index (χ2n) is 10.6. The summed E-state index contributed by atoms with van der Waals surface area (Å²) in [6, 6.07) is 5.89. The van der Waals surface area contributed by atoms with Gasteiger partial charge in [0.15, 0.2) is 0 Å². The van der Waals surface area contributed by atoms with Gasteiger partial charge in [0, 0.05) is 37.2 Å². The third kappa shape index (κ3) is 5.66. The van der Waals surface area contributed by atoms with Gasteiger partial charge in [-0.15, -0.1) is 0 Å². The molecular weight excluding hydrogens is 496 g/mol. The third-order valence-electron chi connectivity index (χ3n) is 8.35. The number of methoxy groups -OCH3 is 1. The Balaban J connectivity index is 1.70. The van der Waals surface area contributed by atoms with Gasteiger partial charge in [0.2, 0.25) is 0 Å². The highest BCUT2D eigenvalue weighted by atomic mass is 32.2. The summed E-state index contributed by atoms with van der Waals surface area (Å²) in [7, 11) is 1.39. The first kappa shape index (κ1) is 27.5. The van der Waals surface area contributed by atoms with Crippen molar-refractivity contribution in [1.29, 1.82) is 0 Å². The van der Waals surface area contributed by atoms with Crippen LogP contribution < -0.4 is 4.74 Å². The van der Waals surface area contributed by atoms with Crippen molar-refractivity contribution in [1.82, 2.24) is 0 Å². The van der Waals surface area contributed by atoms with Gasteiger partial charge in [0.1, 0.15) is 18.0 Å². The molecule has 2 saturated carbocycles. The number of ether oxygens (including phenoxy) is 4. The van der Waals surface area contributed by atoms with Gasteiger partial charge in [0.25, 0.3) is 0 Å². The highest BCUT2D eigenvalue weighted by Crippen LogP contribution is 2.63. The van der Waals surface area contributed by atoms with E-state index in [0.29, 0.717) is 24.3 Å². The van der Waals surface area contributed by atoms with Gasteiger partial charge in [-0.1, -0.05) is 13.0 Å². The van der Waals surface area contributed by atoms with Crippen LogP contribution in [0.4, 0.5) is 0 Å². The molecule has 0 heterocycles. The van der Waals surface area contributed by atoms with Crippen LogP contribution in [0.3, 0.4) is 0 Å². The molecule has 1 unspecified atom stereocenters. The number of carbonyl (C=O) groups is 4. The van der Waals surface area contributed by atoms with Crippen LogP contribution in [-0.4, -0.2) is 54.2 Å². The molecule has 3 aliphatic rings. The molecule has 202 valence electrons. The summed E-state index contributed by atoms with van der Waals surface area (Å²) < 4.78 is 21.7. The van der Waals surface area contributed by atoms with Crippen molar-refractivity contribution in [2.24, 2.45) is 17.3 Å². The van der Waals surface area contributed by atoms with Gasteiger partial charge in [-0.05, 0) is 66.7 Å². The molecule has 1 aromatic carbocycles. The molecule has 4 rings (SSSR count). The summed E-state index contributed by atoms with van der Waals surface area (Å²) in [5.74, 6) is 0.487. The van der Waals surface area contributed by atoms with E-state index in [-0.39, 0.29) is 52.3 Å². The molecule has 8 nitrogen and oxygen atoms in total. The quantitative estimate of drug-likeness (QED) is 0.290. The van der Waals surface area contributed by atoms with Crippen molar-refractivity contribution < 1.29 is 38.1 Å². The maximum atomic E-state index is 12.1. The largest absolute Gasteiger partial charge is 0.469 e. The second-order valence-corrected chi connectivity index (χ2v) is 12.0. The standard InChI is InChI=1S/C28H36O8S/c1-15(29)34-19-6-7-20-18(12-19)13-24(37-11-9-25(32)33-5)26-21(20)8-10-28(4)22(26)14-23(35-16(2)30)27(28)36-17(3)31/h6-7,12,21-24,26-27H,8-11,13-14H2,1-5H3/t21-,22+,23-,24?,26-,27+,28+/m1/s1. The number of hydrogen-bond acceptors (Lipinski definition) is 9. The fourth-order valence-electron chi connectivity index (χ4n) is 7.00. The van der Waals surface area contributed by atoms with Crippen molar-refractivity contribution in [2.45, 2.75) is 83.2 Å². The minimum absolute atomic E-state index is 0.164. The Hall–Kier alpha value is -2.55. The van der Waals surface area contributed by atoms with E-state index in [2.05, 4.69) is 13.0 Å². The summed E-state index contributed by atoms with van der Waals surface area (Å²) in [5.41, 5.74) is 2.08. The molecule has 0 radical (unpaired) electrons. The first-order chi connectivity index (χ1) is 17.5. The molecule has 0 bridgehead atoms. The number of benzene rings is 1. The van der Waals surface area contributed by atoms with Crippen LogP contribution in [0.5, 0.6) is 5.75 Å². The minimum Gasteiger partial charge on any atom is -0.469 e. The van der Waals surface area contributed by atoms with Gasteiger partial charge in [0.05, 0.1) is 13.5 Å². The average molecular weight is 533 g/mol. The van der Waals surface area contributed by atoms with E-state index < -0.39 is 12.2 Å². The van der Waals surface area contributed by atoms with Crippen molar-refractivity contribution in [2.75, 3.05) is 12.9 Å². The lowest BCUT2D eigenvalue weighted by atomic mass is 9.55. The fraction of sp³-hybridized carbons (Fsp3) is 0.643. The van der Waals surface area contributed by atoms with E-state index in [0.717, 1.165) is 24.8 Å². The molecule has 0 aromatic heterocycles. The maximum Gasteiger partial charge on any atom is 0.308 e. The zero-order valence-corrected chi connectivity index (χ0v) is 22.9. The Morgan fingerprint density at radius 1 is 1.05 bits per heavy atom. The Kier molecular flexibility index (Phi) is 8.21. The number of rotatable bonds is 7. The molecule has 0 N–H and O–H groups in total. The van der Waals surface area contributed by atoms with Gasteiger partial charge in [-0.25, -0.2) is 0 Å². The smallest absolute Gasteiger partial charge is 0.308 e. The molecule has 0 aliphatic heterocycles. The molecule has 0 amide bonds. The van der Waals surface area contributed by atoms with Crippen LogP contribution >= 0.6 is 11.8 Å². The topological polar surface area (TPSA) is 105 Å². The monoisotopic (exact) mass is 532 g/mol. The van der Waals surface area contributed by atoms with Gasteiger partial charge >= 0.3 is 23.9 Å². The maximum absolute atomic E-state index is 12.1. The summed E-state index contributed by atoms with van der Waals surface area (Å²) in [6.07, 6.45) is 2.47. The second kappa shape index (κ2) is 11.1. The highest BCUT2D eigenvalue weighted by molar-refractivity contribution is 7.99. The normalized spacial score (nSPS) is 31.8. The van der Waals surface area contributed by atoms with Crippen LogP contribution in [0, 0.1) is 17.3 Å². The summed E-state index contributed by atoms with van der Waals surface area (Å²) in [6.45, 7) is 6.35. The lowest BCUT2D eigenvalue weighted by Gasteiger charge is -2.52. The van der Waals surface area contributed by atoms with Crippen molar-refractivity contribution >= 4 is 35.6 Å². The Morgan fingerprint density at radius 3 is 2.43 bits per heavy atom. The van der Waals surface area contributed by atoms with Crippen molar-refractivity contribution in [3.63, 3.8) is 0 Å². The molecule has 37 heavy (non-hydrogen) atoms. The number of thioether (sulfide) groups is 1. The zero-order valence-electron chi connectivity index (χ0n) is 22.1. The molecule has 2 fully saturated rings. The van der Waals surface area contributed by atoms with Gasteiger partial charge in [-0.3, -0.25) is 19.2 Å². The zero-order chi connectivity index (χ0) is 26.9. The number of hydrogen-bond donors (Lipinski definition) is 0. The van der Waals surface area contributed by atoms with E-state index >= 15 is 0 Å². The lowest BCUT2D eigenvalue weighted by molar-refractivity contribution is -0.171. The summed E-state index contributed by atoms with van der Waals surface area (Å²) in [5, 5.41) is 0.188. The van der Waals surface area contributed by atoms with Gasteiger partial charge < -0.3 is 18.9 Å². The first-order valence-corrected chi connectivity index (χ1v) is 13.9. The molecule has 3 aliphatic carbocycles. The van der Waals surface area contributed by atoms with E-state index in [1.807, 2.05) is 12.1 Å². The highest BCUT2D eigenvalue weighted by Gasteiger charge is 2.62. The van der Waals surface area contributed by atoms with Crippen molar-refractivity contribution in [3.8, 4) is 5.75 Å². The lowest BCUT2D eigenvalue weighted by Crippen LogP contribution is -2.50. The Labute approximate surface area is 222 Å². The summed E-state index contributed by atoms with van der Waals surface area (Å²) in [4.78, 5) is 47.4. The van der Waals surface area contributed by atoms with E-state index in [1.54, 1.807) is 11.8 Å². The first-order valence-electron chi connectivity index (χ1n) is 12.9. The number of esters is 4. The minimum atomic E-state index is -0.492. The Morgan fingerprint density at radius 2 is 1.78 bits per heavy atom. The molecule has 7 atom stereocenters. The van der Waals surface area contributed by atoms with E-state index in [1.165, 1.54) is 33.4 Å². The van der Waals surface area contributed by atoms with E-state index in [4.69, 9.17) is 18.9 Å². The van der Waals surface area contributed by atoms with Crippen LogP contribution in [-0.2, 0) is 39.8 Å². The van der Waals surface area contributed by atoms with Gasteiger partial charge in [-0.2, -0.15) is 11.8 Å². The third-order valence-corrected chi connectivity index (χ3v) is 9.70. The molecular formula is C28H36O8S. The van der Waals surface area contributed by atoms with Crippen molar-refractivity contribution in [3.05, 3.63) is 29.3 Å². The van der Waals surface area contributed by atoms with Crippen LogP contribution in [0.25, 0.3) is 0 Å². The van der Waals surface area contributed by atoms with Crippen LogP contribution in [0.1, 0.15) is 70.4 Å². The predicted octanol–water partition coefficient (Wildman–Crippen LogP) is 4.22. The fourth-order valence-corrected chi connectivity index (χ4v) is 8.49. The predicted molar refractivity (Wildman–Crippen MR) is 137 cm³/mol.